The molecule has 0 fully saturated rings. The van der Waals surface area contributed by atoms with E-state index >= 15 is 0 Å². The largest absolute Gasteiger partial charge is 0.347 e. The predicted octanol–water partition coefficient (Wildman–Crippen LogP) is 2.11. The number of thioether (sulfide) groups is 1. The third-order valence-electron chi connectivity index (χ3n) is 2.91. The fourth-order valence-electron chi connectivity index (χ4n) is 1.51. The Morgan fingerprint density at radius 2 is 1.89 bits per heavy atom. The van der Waals surface area contributed by atoms with Crippen molar-refractivity contribution in [2.75, 3.05) is 14.1 Å². The molecule has 2 N–H and O–H groups in total. The number of nitrogens with two attached hydrogens (primary N) is 1. The summed E-state index contributed by atoms with van der Waals surface area (Å²) < 4.78 is -0.281. The van der Waals surface area contributed by atoms with E-state index in [-0.39, 0.29) is 10.7 Å². The van der Waals surface area contributed by atoms with Crippen LogP contribution in [0.4, 0.5) is 0 Å². The van der Waals surface area contributed by atoms with Gasteiger partial charge in [-0.05, 0) is 19.4 Å². The molecule has 1 aromatic carbocycles. The van der Waals surface area contributed by atoms with Gasteiger partial charge in [0.15, 0.2) is 0 Å². The van der Waals surface area contributed by atoms with E-state index in [0.717, 1.165) is 5.75 Å². The number of hydrogen-bond acceptors (Lipinski definition) is 3. The first-order valence-corrected chi connectivity index (χ1v) is 6.98. The zero-order valence-corrected chi connectivity index (χ0v) is 12.3. The second kappa shape index (κ2) is 6.25. The van der Waals surface area contributed by atoms with Gasteiger partial charge in [0, 0.05) is 24.6 Å². The van der Waals surface area contributed by atoms with E-state index in [0.29, 0.717) is 0 Å². The quantitative estimate of drug-likeness (QED) is 0.888. The minimum atomic E-state index is -0.485. The van der Waals surface area contributed by atoms with Crippen LogP contribution in [0, 0.1) is 0 Å². The van der Waals surface area contributed by atoms with Crippen molar-refractivity contribution in [3.05, 3.63) is 35.9 Å². The highest BCUT2D eigenvalue weighted by Gasteiger charge is 2.33. The molecule has 0 aliphatic carbocycles. The molecule has 3 nitrogen and oxygen atoms in total. The van der Waals surface area contributed by atoms with Gasteiger partial charge in [-0.1, -0.05) is 30.3 Å². The molecule has 0 saturated carbocycles. The fourth-order valence-corrected chi connectivity index (χ4v) is 2.52. The molecule has 0 heterocycles. The molecule has 0 aliphatic heterocycles. The average Bonchev–Trinajstić information content (AvgIpc) is 2.35. The van der Waals surface area contributed by atoms with E-state index in [2.05, 4.69) is 12.1 Å². The van der Waals surface area contributed by atoms with Gasteiger partial charge in [-0.25, -0.2) is 0 Å². The topological polar surface area (TPSA) is 46.3 Å². The van der Waals surface area contributed by atoms with Crippen molar-refractivity contribution in [3.63, 3.8) is 0 Å². The molecule has 0 spiro atoms. The lowest BCUT2D eigenvalue weighted by Crippen LogP contribution is -2.51. The van der Waals surface area contributed by atoms with Crippen LogP contribution in [0.5, 0.6) is 0 Å². The van der Waals surface area contributed by atoms with Gasteiger partial charge in [0.2, 0.25) is 5.91 Å². The second-order valence-corrected chi connectivity index (χ2v) is 6.72. The molecule has 0 radical (unpaired) electrons. The number of nitrogens with zero attached hydrogens (tertiary/aromatic N) is 1. The minimum absolute atomic E-state index is 0.0273. The molecule has 0 saturated heterocycles. The second-order valence-electron chi connectivity index (χ2n) is 5.09. The highest BCUT2D eigenvalue weighted by Crippen LogP contribution is 2.30. The van der Waals surface area contributed by atoms with Crippen LogP contribution < -0.4 is 5.73 Å². The Hall–Kier alpha value is -1.00. The summed E-state index contributed by atoms with van der Waals surface area (Å²) in [6.07, 6.45) is 0. The number of rotatable bonds is 5. The van der Waals surface area contributed by atoms with Crippen LogP contribution in [0.1, 0.15) is 19.4 Å². The lowest BCUT2D eigenvalue weighted by atomic mass is 10.0. The zero-order chi connectivity index (χ0) is 13.8. The summed E-state index contributed by atoms with van der Waals surface area (Å²) in [5.41, 5.74) is 7.30. The summed E-state index contributed by atoms with van der Waals surface area (Å²) in [5, 5.41) is 0. The van der Waals surface area contributed by atoms with Crippen molar-refractivity contribution in [1.82, 2.24) is 4.90 Å². The Balaban J connectivity index is 2.62. The predicted molar refractivity (Wildman–Crippen MR) is 78.5 cm³/mol. The molecule has 1 aromatic rings. The Morgan fingerprint density at radius 3 is 2.39 bits per heavy atom. The molecule has 0 aliphatic rings. The molecule has 18 heavy (non-hydrogen) atoms. The van der Waals surface area contributed by atoms with Crippen molar-refractivity contribution in [2.45, 2.75) is 30.4 Å². The summed E-state index contributed by atoms with van der Waals surface area (Å²) in [5.74, 6) is 0.836. The van der Waals surface area contributed by atoms with Gasteiger partial charge in [0.25, 0.3) is 0 Å². The van der Waals surface area contributed by atoms with E-state index in [1.807, 2.05) is 32.0 Å². The number of carbonyl (C=O) groups excluding carboxylic acids is 1. The molecule has 0 unspecified atom stereocenters. The smallest absolute Gasteiger partial charge is 0.240 e. The Morgan fingerprint density at radius 1 is 1.33 bits per heavy atom. The van der Waals surface area contributed by atoms with Crippen LogP contribution in [-0.4, -0.2) is 35.7 Å². The van der Waals surface area contributed by atoms with Gasteiger partial charge >= 0.3 is 0 Å². The maximum Gasteiger partial charge on any atom is 0.240 e. The third kappa shape index (κ3) is 4.03. The van der Waals surface area contributed by atoms with Gasteiger partial charge in [-0.15, -0.1) is 11.8 Å². The molecule has 0 aromatic heterocycles. The van der Waals surface area contributed by atoms with Crippen LogP contribution in [0.2, 0.25) is 0 Å². The first-order valence-electron chi connectivity index (χ1n) is 5.99. The Kier molecular flexibility index (Phi) is 5.23. The SMILES string of the molecule is CN(C)C(=O)[C@@H](N)C(C)(C)SCc1ccccc1. The lowest BCUT2D eigenvalue weighted by Gasteiger charge is -2.31. The van der Waals surface area contributed by atoms with E-state index in [1.165, 1.54) is 5.56 Å². The maximum absolute atomic E-state index is 11.9. The van der Waals surface area contributed by atoms with Crippen LogP contribution in [0.25, 0.3) is 0 Å². The number of hydrogen-bond donors (Lipinski definition) is 1. The van der Waals surface area contributed by atoms with Gasteiger partial charge < -0.3 is 10.6 Å². The van der Waals surface area contributed by atoms with E-state index in [4.69, 9.17) is 5.73 Å². The number of benzene rings is 1. The molecule has 100 valence electrons. The molecule has 1 rings (SSSR count). The average molecular weight is 266 g/mol. The highest BCUT2D eigenvalue weighted by molar-refractivity contribution is 7.99. The first kappa shape index (κ1) is 15.1. The highest BCUT2D eigenvalue weighted by atomic mass is 32.2. The van der Waals surface area contributed by atoms with Gasteiger partial charge in [0.1, 0.15) is 0 Å². The minimum Gasteiger partial charge on any atom is -0.347 e. The molecular formula is C14H22N2OS. The van der Waals surface area contributed by atoms with Crippen LogP contribution >= 0.6 is 11.8 Å². The van der Waals surface area contributed by atoms with E-state index in [1.54, 1.807) is 30.8 Å². The van der Waals surface area contributed by atoms with Crippen molar-refractivity contribution in [1.29, 1.82) is 0 Å². The van der Waals surface area contributed by atoms with Crippen molar-refractivity contribution >= 4 is 17.7 Å². The summed E-state index contributed by atoms with van der Waals surface area (Å²) in [6, 6.07) is 9.73. The Labute approximate surface area is 114 Å². The van der Waals surface area contributed by atoms with E-state index in [9.17, 15) is 4.79 Å². The standard InChI is InChI=1S/C14H22N2OS/c1-14(2,12(15)13(17)16(3)4)18-10-11-8-6-5-7-9-11/h5-9,12H,10,15H2,1-4H3/t12-/m1/s1. The van der Waals surface area contributed by atoms with Gasteiger partial charge in [-0.2, -0.15) is 0 Å². The molecule has 0 bridgehead atoms. The van der Waals surface area contributed by atoms with Gasteiger partial charge in [-0.3, -0.25) is 4.79 Å². The number of amides is 1. The molecule has 4 heteroatoms. The van der Waals surface area contributed by atoms with Crippen LogP contribution in [0.15, 0.2) is 30.3 Å². The van der Waals surface area contributed by atoms with Crippen molar-refractivity contribution in [2.24, 2.45) is 5.73 Å². The number of likely N-dealkylation sites (N-methyl/N-ethyl adjacent to an activating group) is 1. The third-order valence-corrected chi connectivity index (χ3v) is 4.39. The molecule has 1 atom stereocenters. The lowest BCUT2D eigenvalue weighted by molar-refractivity contribution is -0.130. The summed E-state index contributed by atoms with van der Waals surface area (Å²) in [7, 11) is 3.47. The Bertz CT molecular complexity index is 390. The molecule has 1 amide bonds. The van der Waals surface area contributed by atoms with Crippen LogP contribution in [0.3, 0.4) is 0 Å². The summed E-state index contributed by atoms with van der Waals surface area (Å²) in [4.78, 5) is 13.4. The van der Waals surface area contributed by atoms with E-state index < -0.39 is 6.04 Å². The number of carbonyl (C=O) groups is 1. The maximum atomic E-state index is 11.9. The van der Waals surface area contributed by atoms with Crippen molar-refractivity contribution in [3.8, 4) is 0 Å². The first-order chi connectivity index (χ1) is 8.34. The van der Waals surface area contributed by atoms with Crippen LogP contribution in [-0.2, 0) is 10.5 Å². The normalized spacial score (nSPS) is 13.2. The monoisotopic (exact) mass is 266 g/mol. The molecular weight excluding hydrogens is 244 g/mol. The van der Waals surface area contributed by atoms with Gasteiger partial charge in [0.05, 0.1) is 6.04 Å². The summed E-state index contributed by atoms with van der Waals surface area (Å²) >= 11 is 1.71. The van der Waals surface area contributed by atoms with Crippen molar-refractivity contribution < 1.29 is 4.79 Å². The fraction of sp³-hybridized carbons (Fsp3) is 0.500. The zero-order valence-electron chi connectivity index (χ0n) is 11.5. The summed E-state index contributed by atoms with van der Waals surface area (Å²) in [6.45, 7) is 4.04.